The summed E-state index contributed by atoms with van der Waals surface area (Å²) in [4.78, 5) is 15.5. The first kappa shape index (κ1) is 14.9. The average Bonchev–Trinajstić information content (AvgIpc) is 2.44. The number of likely N-dealkylation sites (N-methyl/N-ethyl adjacent to an activating group) is 1. The van der Waals surface area contributed by atoms with Crippen molar-refractivity contribution >= 4 is 11.7 Å². The molecule has 1 aromatic heterocycles. The number of rotatable bonds is 6. The Hall–Kier alpha value is -2.15. The van der Waals surface area contributed by atoms with E-state index in [4.69, 9.17) is 10.9 Å². The Labute approximate surface area is 111 Å². The number of amidine groups is 1. The van der Waals surface area contributed by atoms with Crippen LogP contribution in [0.4, 0.5) is 0 Å². The molecule has 1 unspecified atom stereocenters. The highest BCUT2D eigenvalue weighted by Gasteiger charge is 2.11. The van der Waals surface area contributed by atoms with Crippen LogP contribution in [0.1, 0.15) is 25.1 Å². The van der Waals surface area contributed by atoms with Gasteiger partial charge in [0, 0.05) is 19.3 Å². The lowest BCUT2D eigenvalue weighted by atomic mass is 10.2. The van der Waals surface area contributed by atoms with Gasteiger partial charge in [-0.05, 0) is 31.5 Å². The molecule has 1 heterocycles. The third-order valence-electron chi connectivity index (χ3n) is 2.55. The van der Waals surface area contributed by atoms with Crippen molar-refractivity contribution in [2.45, 2.75) is 26.4 Å². The first-order valence-corrected chi connectivity index (χ1v) is 6.02. The Balaban J connectivity index is 2.61. The molecule has 0 bridgehead atoms. The minimum Gasteiger partial charge on any atom is -0.409 e. The number of oxime groups is 1. The van der Waals surface area contributed by atoms with Gasteiger partial charge >= 0.3 is 0 Å². The van der Waals surface area contributed by atoms with Crippen LogP contribution in [0.5, 0.6) is 0 Å². The Morgan fingerprint density at radius 3 is 3.00 bits per heavy atom. The standard InChI is InChI=1S/C12H19N5O2/c1-3-14-12(18)8(2)16-7-9-4-5-15-10(6-9)11(13)17-19/h4-6,8,16,19H,3,7H2,1-2H3,(H2,13,17)(H,14,18). The number of nitrogens with one attached hydrogen (secondary N) is 2. The predicted molar refractivity (Wildman–Crippen MR) is 71.7 cm³/mol. The molecule has 0 saturated heterocycles. The number of aromatic nitrogens is 1. The highest BCUT2D eigenvalue weighted by Crippen LogP contribution is 2.02. The van der Waals surface area contributed by atoms with Crippen LogP contribution in [0.3, 0.4) is 0 Å². The van der Waals surface area contributed by atoms with Crippen molar-refractivity contribution in [1.82, 2.24) is 15.6 Å². The molecule has 1 atom stereocenters. The molecule has 7 heteroatoms. The van der Waals surface area contributed by atoms with E-state index in [-0.39, 0.29) is 17.8 Å². The molecular weight excluding hydrogens is 246 g/mol. The van der Waals surface area contributed by atoms with Crippen molar-refractivity contribution in [1.29, 1.82) is 0 Å². The molecule has 5 N–H and O–H groups in total. The maximum Gasteiger partial charge on any atom is 0.236 e. The fourth-order valence-electron chi connectivity index (χ4n) is 1.47. The van der Waals surface area contributed by atoms with E-state index >= 15 is 0 Å². The molecule has 7 nitrogen and oxygen atoms in total. The lowest BCUT2D eigenvalue weighted by molar-refractivity contribution is -0.122. The smallest absolute Gasteiger partial charge is 0.236 e. The number of carbonyl (C=O) groups excluding carboxylic acids is 1. The molecule has 0 saturated carbocycles. The summed E-state index contributed by atoms with van der Waals surface area (Å²) in [7, 11) is 0. The highest BCUT2D eigenvalue weighted by molar-refractivity contribution is 5.95. The van der Waals surface area contributed by atoms with Crippen LogP contribution in [0.2, 0.25) is 0 Å². The first-order valence-electron chi connectivity index (χ1n) is 6.02. The minimum atomic E-state index is -0.291. The number of hydrogen-bond acceptors (Lipinski definition) is 5. The molecule has 1 amide bonds. The molecule has 104 valence electrons. The number of carbonyl (C=O) groups is 1. The van der Waals surface area contributed by atoms with Crippen molar-refractivity contribution in [2.75, 3.05) is 6.54 Å². The Morgan fingerprint density at radius 1 is 1.63 bits per heavy atom. The second kappa shape index (κ2) is 7.32. The Kier molecular flexibility index (Phi) is 5.74. The van der Waals surface area contributed by atoms with E-state index in [2.05, 4.69) is 20.8 Å². The normalized spacial score (nSPS) is 13.1. The van der Waals surface area contributed by atoms with Crippen LogP contribution in [0, 0.1) is 0 Å². The molecule has 0 aliphatic rings. The van der Waals surface area contributed by atoms with Gasteiger partial charge in [-0.2, -0.15) is 0 Å². The first-order chi connectivity index (χ1) is 9.08. The largest absolute Gasteiger partial charge is 0.409 e. The molecule has 0 fully saturated rings. The fourth-order valence-corrected chi connectivity index (χ4v) is 1.47. The van der Waals surface area contributed by atoms with Gasteiger partial charge in [-0.1, -0.05) is 5.16 Å². The van der Waals surface area contributed by atoms with Crippen molar-refractivity contribution in [3.8, 4) is 0 Å². The van der Waals surface area contributed by atoms with Crippen molar-refractivity contribution in [3.63, 3.8) is 0 Å². The zero-order chi connectivity index (χ0) is 14.3. The third kappa shape index (κ3) is 4.55. The number of pyridine rings is 1. The van der Waals surface area contributed by atoms with Gasteiger partial charge in [0.05, 0.1) is 6.04 Å². The molecule has 0 spiro atoms. The minimum absolute atomic E-state index is 0.0429. The molecule has 1 rings (SSSR count). The summed E-state index contributed by atoms with van der Waals surface area (Å²) < 4.78 is 0. The van der Waals surface area contributed by atoms with Gasteiger partial charge in [-0.25, -0.2) is 0 Å². The summed E-state index contributed by atoms with van der Waals surface area (Å²) in [6.07, 6.45) is 1.57. The number of hydrogen-bond donors (Lipinski definition) is 4. The van der Waals surface area contributed by atoms with Crippen LogP contribution in [-0.4, -0.2) is 34.5 Å². The fraction of sp³-hybridized carbons (Fsp3) is 0.417. The van der Waals surface area contributed by atoms with Gasteiger partial charge < -0.3 is 21.6 Å². The summed E-state index contributed by atoms with van der Waals surface area (Å²) in [5, 5.41) is 17.3. The highest BCUT2D eigenvalue weighted by atomic mass is 16.4. The van der Waals surface area contributed by atoms with Gasteiger partial charge in [-0.3, -0.25) is 9.78 Å². The zero-order valence-electron chi connectivity index (χ0n) is 11.1. The summed E-state index contributed by atoms with van der Waals surface area (Å²) in [6.45, 7) is 4.76. The predicted octanol–water partition coefficient (Wildman–Crippen LogP) is -0.210. The van der Waals surface area contributed by atoms with Gasteiger partial charge in [-0.15, -0.1) is 0 Å². The molecule has 1 aromatic rings. The van der Waals surface area contributed by atoms with Crippen LogP contribution in [0.25, 0.3) is 0 Å². The number of amides is 1. The summed E-state index contributed by atoms with van der Waals surface area (Å²) in [5.74, 6) is -0.0909. The second-order valence-corrected chi connectivity index (χ2v) is 4.03. The summed E-state index contributed by atoms with van der Waals surface area (Å²) in [6, 6.07) is 3.21. The van der Waals surface area contributed by atoms with Crippen molar-refractivity contribution < 1.29 is 10.0 Å². The van der Waals surface area contributed by atoms with Crippen molar-refractivity contribution in [2.24, 2.45) is 10.9 Å². The molecule has 0 radical (unpaired) electrons. The van der Waals surface area contributed by atoms with Crippen molar-refractivity contribution in [3.05, 3.63) is 29.6 Å². The lowest BCUT2D eigenvalue weighted by Crippen LogP contribution is -2.41. The Morgan fingerprint density at radius 2 is 2.37 bits per heavy atom. The SMILES string of the molecule is CCNC(=O)C(C)NCc1ccnc(C(N)=NO)c1. The third-order valence-corrected chi connectivity index (χ3v) is 2.55. The van der Waals surface area contributed by atoms with E-state index in [1.807, 2.05) is 6.92 Å². The van der Waals surface area contributed by atoms with E-state index in [1.165, 1.54) is 0 Å². The summed E-state index contributed by atoms with van der Waals surface area (Å²) >= 11 is 0. The van der Waals surface area contributed by atoms with E-state index in [9.17, 15) is 4.79 Å². The average molecular weight is 265 g/mol. The van der Waals surface area contributed by atoms with Gasteiger partial charge in [0.15, 0.2) is 5.84 Å². The van der Waals surface area contributed by atoms with E-state index in [1.54, 1.807) is 25.3 Å². The Bertz CT molecular complexity index is 461. The quantitative estimate of drug-likeness (QED) is 0.246. The molecule has 0 aliphatic heterocycles. The topological polar surface area (TPSA) is 113 Å². The van der Waals surface area contributed by atoms with Gasteiger partial charge in [0.2, 0.25) is 5.91 Å². The van der Waals surface area contributed by atoms with Crippen LogP contribution in [0.15, 0.2) is 23.5 Å². The molecule has 0 aliphatic carbocycles. The van der Waals surface area contributed by atoms with Crippen LogP contribution < -0.4 is 16.4 Å². The molecule has 19 heavy (non-hydrogen) atoms. The van der Waals surface area contributed by atoms with Crippen LogP contribution in [-0.2, 0) is 11.3 Å². The monoisotopic (exact) mass is 265 g/mol. The van der Waals surface area contributed by atoms with Crippen LogP contribution >= 0.6 is 0 Å². The van der Waals surface area contributed by atoms with Gasteiger partial charge in [0.25, 0.3) is 0 Å². The number of nitrogens with two attached hydrogens (primary N) is 1. The van der Waals surface area contributed by atoms with E-state index in [0.717, 1.165) is 5.56 Å². The maximum absolute atomic E-state index is 11.5. The van der Waals surface area contributed by atoms with E-state index < -0.39 is 0 Å². The molecule has 0 aromatic carbocycles. The molecular formula is C12H19N5O2. The maximum atomic E-state index is 11.5. The second-order valence-electron chi connectivity index (χ2n) is 4.03. The number of nitrogens with zero attached hydrogens (tertiary/aromatic N) is 2. The van der Waals surface area contributed by atoms with E-state index in [0.29, 0.717) is 18.8 Å². The zero-order valence-corrected chi connectivity index (χ0v) is 11.1. The van der Waals surface area contributed by atoms with Gasteiger partial charge in [0.1, 0.15) is 5.69 Å². The summed E-state index contributed by atoms with van der Waals surface area (Å²) in [5.41, 5.74) is 6.75. The lowest BCUT2D eigenvalue weighted by Gasteiger charge is -2.13.